The van der Waals surface area contributed by atoms with Gasteiger partial charge in [-0.3, -0.25) is 14.3 Å². The second-order valence-electron chi connectivity index (χ2n) is 6.93. The highest BCUT2D eigenvalue weighted by atomic mass is 32.2. The lowest BCUT2D eigenvalue weighted by atomic mass is 10.1. The number of nitrogens with zero attached hydrogens (tertiary/aromatic N) is 4. The van der Waals surface area contributed by atoms with E-state index in [0.717, 1.165) is 27.9 Å². The number of thioether (sulfide) groups is 1. The Morgan fingerprint density at radius 2 is 1.94 bits per heavy atom. The van der Waals surface area contributed by atoms with Gasteiger partial charge in [-0.25, -0.2) is 0 Å². The number of amides is 1. The van der Waals surface area contributed by atoms with Crippen molar-refractivity contribution in [2.75, 3.05) is 13.7 Å². The van der Waals surface area contributed by atoms with Crippen molar-refractivity contribution in [3.05, 3.63) is 84.1 Å². The molecule has 4 aromatic rings. The molecule has 1 N–H and O–H groups in total. The number of pyridine rings is 1. The Bertz CT molecular complexity index is 1130. The first-order chi connectivity index (χ1) is 15.7. The molecule has 0 aliphatic rings. The third-order valence-electron chi connectivity index (χ3n) is 4.76. The van der Waals surface area contributed by atoms with Crippen molar-refractivity contribution >= 4 is 17.7 Å². The van der Waals surface area contributed by atoms with Crippen molar-refractivity contribution < 1.29 is 13.9 Å². The van der Waals surface area contributed by atoms with Crippen LogP contribution < -0.4 is 5.32 Å². The highest BCUT2D eigenvalue weighted by molar-refractivity contribution is 7.98. The Kier molecular flexibility index (Phi) is 7.31. The van der Waals surface area contributed by atoms with Crippen LogP contribution in [0.2, 0.25) is 0 Å². The molecule has 32 heavy (non-hydrogen) atoms. The van der Waals surface area contributed by atoms with E-state index in [4.69, 9.17) is 9.15 Å². The van der Waals surface area contributed by atoms with Gasteiger partial charge >= 0.3 is 0 Å². The van der Waals surface area contributed by atoms with E-state index in [-0.39, 0.29) is 5.91 Å². The van der Waals surface area contributed by atoms with Gasteiger partial charge in [-0.05, 0) is 42.0 Å². The third-order valence-corrected chi connectivity index (χ3v) is 5.80. The number of methoxy groups -OCH3 is 1. The normalized spacial score (nSPS) is 10.9. The number of carbonyl (C=O) groups is 1. The zero-order chi connectivity index (χ0) is 22.2. The molecule has 1 amide bonds. The lowest BCUT2D eigenvalue weighted by Crippen LogP contribution is -2.22. The lowest BCUT2D eigenvalue weighted by molar-refractivity contribution is 0.0948. The molecule has 3 aromatic heterocycles. The molecule has 0 aliphatic heterocycles. The first kappa shape index (κ1) is 21.8. The van der Waals surface area contributed by atoms with Crippen LogP contribution in [0.4, 0.5) is 0 Å². The molecule has 0 unspecified atom stereocenters. The van der Waals surface area contributed by atoms with Gasteiger partial charge in [-0.2, -0.15) is 0 Å². The maximum absolute atomic E-state index is 12.3. The number of nitrogens with one attached hydrogen (secondary N) is 1. The van der Waals surface area contributed by atoms with E-state index >= 15 is 0 Å². The standard InChI is InChI=1S/C23H23N5O3S/c1-30-14-12-28-21(18-8-10-24-11-9-18)26-27-23(28)32-16-17-4-6-19(7-5-17)22(29)25-15-20-3-2-13-31-20/h2-11,13H,12,14-16H2,1H3,(H,25,29). The molecule has 0 spiro atoms. The highest BCUT2D eigenvalue weighted by Gasteiger charge is 2.14. The summed E-state index contributed by atoms with van der Waals surface area (Å²) in [5.74, 6) is 2.07. The fraction of sp³-hybridized carbons (Fsp3) is 0.217. The summed E-state index contributed by atoms with van der Waals surface area (Å²) in [6, 6.07) is 15.0. The second kappa shape index (κ2) is 10.7. The first-order valence-corrected chi connectivity index (χ1v) is 11.1. The third kappa shape index (κ3) is 5.43. The number of rotatable bonds is 10. The molecule has 0 fully saturated rings. The van der Waals surface area contributed by atoms with Gasteiger partial charge in [-0.15, -0.1) is 10.2 Å². The molecule has 0 saturated carbocycles. The molecule has 8 nitrogen and oxygen atoms in total. The monoisotopic (exact) mass is 449 g/mol. The van der Waals surface area contributed by atoms with Gasteiger partial charge in [0, 0.05) is 36.4 Å². The summed E-state index contributed by atoms with van der Waals surface area (Å²) in [5.41, 5.74) is 2.65. The number of hydrogen-bond acceptors (Lipinski definition) is 7. The number of ether oxygens (including phenoxy) is 1. The summed E-state index contributed by atoms with van der Waals surface area (Å²) in [6.07, 6.45) is 5.07. The van der Waals surface area contributed by atoms with E-state index < -0.39 is 0 Å². The van der Waals surface area contributed by atoms with Gasteiger partial charge in [0.2, 0.25) is 0 Å². The largest absolute Gasteiger partial charge is 0.467 e. The number of hydrogen-bond donors (Lipinski definition) is 1. The fourth-order valence-corrected chi connectivity index (χ4v) is 4.00. The van der Waals surface area contributed by atoms with Crippen molar-refractivity contribution in [1.82, 2.24) is 25.1 Å². The van der Waals surface area contributed by atoms with Crippen LogP contribution in [0.5, 0.6) is 0 Å². The molecule has 3 heterocycles. The van der Waals surface area contributed by atoms with E-state index in [1.54, 1.807) is 43.6 Å². The minimum atomic E-state index is -0.137. The zero-order valence-electron chi connectivity index (χ0n) is 17.6. The van der Waals surface area contributed by atoms with Crippen molar-refractivity contribution in [3.63, 3.8) is 0 Å². The average molecular weight is 450 g/mol. The summed E-state index contributed by atoms with van der Waals surface area (Å²) in [5, 5.41) is 12.4. The van der Waals surface area contributed by atoms with Crippen molar-refractivity contribution in [1.29, 1.82) is 0 Å². The smallest absolute Gasteiger partial charge is 0.251 e. The molecule has 0 atom stereocenters. The molecule has 1 aromatic carbocycles. The Labute approximate surface area is 190 Å². The summed E-state index contributed by atoms with van der Waals surface area (Å²) < 4.78 is 12.6. The second-order valence-corrected chi connectivity index (χ2v) is 7.88. The number of benzene rings is 1. The molecular weight excluding hydrogens is 426 g/mol. The topological polar surface area (TPSA) is 95.1 Å². The Morgan fingerprint density at radius 1 is 1.12 bits per heavy atom. The number of carbonyl (C=O) groups excluding carboxylic acids is 1. The van der Waals surface area contributed by atoms with Crippen LogP contribution in [0, 0.1) is 0 Å². The molecule has 0 aliphatic carbocycles. The van der Waals surface area contributed by atoms with Gasteiger partial charge in [0.1, 0.15) is 5.76 Å². The van der Waals surface area contributed by atoms with Gasteiger partial charge in [0.05, 0.1) is 26.0 Å². The van der Waals surface area contributed by atoms with Crippen LogP contribution in [0.1, 0.15) is 21.7 Å². The quantitative estimate of drug-likeness (QED) is 0.368. The van der Waals surface area contributed by atoms with E-state index in [0.29, 0.717) is 31.0 Å². The Morgan fingerprint density at radius 3 is 2.66 bits per heavy atom. The van der Waals surface area contributed by atoms with Gasteiger partial charge < -0.3 is 14.5 Å². The van der Waals surface area contributed by atoms with E-state index in [1.165, 1.54) is 0 Å². The predicted octanol–water partition coefficient (Wildman–Crippen LogP) is 3.80. The SMILES string of the molecule is COCCn1c(SCc2ccc(C(=O)NCc3ccco3)cc2)nnc1-c1ccncc1. The van der Waals surface area contributed by atoms with Crippen LogP contribution in [-0.4, -0.2) is 39.4 Å². The number of aromatic nitrogens is 4. The molecule has 0 saturated heterocycles. The lowest BCUT2D eigenvalue weighted by Gasteiger charge is -2.10. The average Bonchev–Trinajstić information content (AvgIpc) is 3.50. The summed E-state index contributed by atoms with van der Waals surface area (Å²) in [7, 11) is 1.68. The van der Waals surface area contributed by atoms with Crippen LogP contribution in [0.25, 0.3) is 11.4 Å². The maximum Gasteiger partial charge on any atom is 0.251 e. The summed E-state index contributed by atoms with van der Waals surface area (Å²) in [6.45, 7) is 1.57. The van der Waals surface area contributed by atoms with Crippen LogP contribution in [-0.2, 0) is 23.6 Å². The number of furan rings is 1. The van der Waals surface area contributed by atoms with Crippen molar-refractivity contribution in [3.8, 4) is 11.4 Å². The summed E-state index contributed by atoms with van der Waals surface area (Å²) >= 11 is 1.59. The van der Waals surface area contributed by atoms with Gasteiger partial charge in [-0.1, -0.05) is 23.9 Å². The molecule has 164 valence electrons. The molecule has 9 heteroatoms. The fourth-order valence-electron chi connectivity index (χ4n) is 3.08. The Hall–Kier alpha value is -3.43. The Balaban J connectivity index is 1.39. The predicted molar refractivity (Wildman–Crippen MR) is 121 cm³/mol. The first-order valence-electron chi connectivity index (χ1n) is 10.1. The van der Waals surface area contributed by atoms with Crippen LogP contribution in [0.3, 0.4) is 0 Å². The molecular formula is C23H23N5O3S. The zero-order valence-corrected chi connectivity index (χ0v) is 18.4. The summed E-state index contributed by atoms with van der Waals surface area (Å²) in [4.78, 5) is 16.4. The van der Waals surface area contributed by atoms with Crippen molar-refractivity contribution in [2.45, 2.75) is 24.0 Å². The minimum absolute atomic E-state index is 0.137. The van der Waals surface area contributed by atoms with E-state index in [9.17, 15) is 4.79 Å². The highest BCUT2D eigenvalue weighted by Crippen LogP contribution is 2.26. The molecule has 0 radical (unpaired) electrons. The van der Waals surface area contributed by atoms with Crippen LogP contribution in [0.15, 0.2) is 76.8 Å². The molecule has 4 rings (SSSR count). The van der Waals surface area contributed by atoms with Crippen molar-refractivity contribution in [2.24, 2.45) is 0 Å². The van der Waals surface area contributed by atoms with E-state index in [2.05, 4.69) is 25.1 Å². The van der Waals surface area contributed by atoms with Crippen LogP contribution >= 0.6 is 11.8 Å². The van der Waals surface area contributed by atoms with E-state index in [1.807, 2.05) is 42.5 Å². The minimum Gasteiger partial charge on any atom is -0.467 e. The maximum atomic E-state index is 12.3. The van der Waals surface area contributed by atoms with Gasteiger partial charge in [0.25, 0.3) is 5.91 Å². The van der Waals surface area contributed by atoms with Gasteiger partial charge in [0.15, 0.2) is 11.0 Å². The molecule has 0 bridgehead atoms.